The number of nitrogens with one attached hydrogen (secondary N) is 1. The topological polar surface area (TPSA) is 50.9 Å². The van der Waals surface area contributed by atoms with E-state index in [-0.39, 0.29) is 0 Å². The van der Waals surface area contributed by atoms with Crippen LogP contribution in [0.25, 0.3) is 0 Å². The van der Waals surface area contributed by atoms with Crippen LogP contribution in [-0.4, -0.2) is 9.97 Å². The maximum Gasteiger partial charge on any atom is 0.106 e. The van der Waals surface area contributed by atoms with Crippen LogP contribution in [0.1, 0.15) is 11.3 Å². The number of nitrogens with two attached hydrogens (primary N) is 1. The molecule has 0 aliphatic heterocycles. The summed E-state index contributed by atoms with van der Waals surface area (Å²) in [7, 11) is 0. The van der Waals surface area contributed by atoms with Crippen LogP contribution in [0.4, 0.5) is 5.69 Å². The summed E-state index contributed by atoms with van der Waals surface area (Å²) in [5.41, 5.74) is 8.42. The Morgan fingerprint density at radius 1 is 1.33 bits per heavy atom. The molecule has 2 aromatic rings. The number of hydrogen-bond acceptors (Lipinski definition) is 3. The average molecular weight is 322 g/mol. The van der Waals surface area contributed by atoms with Crippen molar-refractivity contribution in [1.82, 2.24) is 4.98 Å². The van der Waals surface area contributed by atoms with Crippen LogP contribution in [0.3, 0.4) is 0 Å². The summed E-state index contributed by atoms with van der Waals surface area (Å²) in [6.45, 7) is 0.637. The van der Waals surface area contributed by atoms with Crippen molar-refractivity contribution in [2.45, 2.75) is 6.54 Å². The maximum atomic E-state index is 5.71. The molecule has 3 N–H and O–H groups in total. The molecule has 3 nitrogen and oxygen atoms in total. The molecule has 5 heteroatoms. The van der Waals surface area contributed by atoms with Crippen LogP contribution in [0.15, 0.2) is 47.1 Å². The average Bonchev–Trinajstić information content (AvgIpc) is 2.38. The zero-order valence-electron chi connectivity index (χ0n) is 9.56. The lowest BCUT2D eigenvalue weighted by atomic mass is 10.1. The molecular weight excluding hydrogens is 310 g/mol. The Balaban J connectivity index is 2.17. The van der Waals surface area contributed by atoms with Gasteiger partial charge in [0, 0.05) is 21.9 Å². The van der Waals surface area contributed by atoms with Gasteiger partial charge in [-0.25, -0.2) is 0 Å². The second-order valence-electron chi connectivity index (χ2n) is 3.73. The van der Waals surface area contributed by atoms with Crippen LogP contribution >= 0.6 is 28.1 Å². The van der Waals surface area contributed by atoms with Gasteiger partial charge < -0.3 is 11.1 Å². The van der Waals surface area contributed by atoms with E-state index in [0.717, 1.165) is 21.4 Å². The van der Waals surface area contributed by atoms with E-state index in [1.165, 1.54) is 0 Å². The molecule has 0 saturated carbocycles. The van der Waals surface area contributed by atoms with Crippen LogP contribution in [-0.2, 0) is 6.54 Å². The van der Waals surface area contributed by atoms with E-state index in [2.05, 4.69) is 26.2 Å². The molecule has 0 fully saturated rings. The van der Waals surface area contributed by atoms with Crippen LogP contribution in [0, 0.1) is 0 Å². The molecule has 0 atom stereocenters. The molecule has 1 aromatic heterocycles. The molecule has 0 bridgehead atoms. The number of nitrogens with zero attached hydrogens (tertiary/aromatic N) is 1. The van der Waals surface area contributed by atoms with Crippen molar-refractivity contribution in [3.8, 4) is 0 Å². The van der Waals surface area contributed by atoms with Gasteiger partial charge in [-0.3, -0.25) is 4.98 Å². The van der Waals surface area contributed by atoms with E-state index >= 15 is 0 Å². The van der Waals surface area contributed by atoms with E-state index in [9.17, 15) is 0 Å². The third-order valence-corrected chi connectivity index (χ3v) is 3.15. The smallest absolute Gasteiger partial charge is 0.106 e. The molecule has 18 heavy (non-hydrogen) atoms. The Labute approximate surface area is 120 Å². The van der Waals surface area contributed by atoms with Crippen molar-refractivity contribution in [3.63, 3.8) is 0 Å². The molecule has 0 amide bonds. The summed E-state index contributed by atoms with van der Waals surface area (Å²) in [6.07, 6.45) is 1.77. The lowest BCUT2D eigenvalue weighted by molar-refractivity contribution is 1.04. The molecule has 1 heterocycles. The molecule has 92 valence electrons. The van der Waals surface area contributed by atoms with Crippen molar-refractivity contribution < 1.29 is 0 Å². The van der Waals surface area contributed by atoms with E-state index in [4.69, 9.17) is 18.0 Å². The largest absolute Gasteiger partial charge is 0.389 e. The first-order valence-electron chi connectivity index (χ1n) is 5.40. The molecule has 0 aliphatic rings. The van der Waals surface area contributed by atoms with Gasteiger partial charge in [-0.15, -0.1) is 0 Å². The van der Waals surface area contributed by atoms with Crippen molar-refractivity contribution in [3.05, 3.63) is 58.3 Å². The number of halogens is 1. The van der Waals surface area contributed by atoms with E-state index in [0.29, 0.717) is 11.5 Å². The van der Waals surface area contributed by atoms with Crippen molar-refractivity contribution in [1.29, 1.82) is 0 Å². The fraction of sp³-hybridized carbons (Fsp3) is 0.0769. The normalized spacial score (nSPS) is 10.1. The summed E-state index contributed by atoms with van der Waals surface area (Å²) in [5, 5.41) is 3.29. The Kier molecular flexibility index (Phi) is 4.28. The molecule has 0 spiro atoms. The second kappa shape index (κ2) is 5.93. The number of anilines is 1. The van der Waals surface area contributed by atoms with Gasteiger partial charge in [0.05, 0.1) is 12.2 Å². The highest BCUT2D eigenvalue weighted by molar-refractivity contribution is 9.10. The zero-order valence-corrected chi connectivity index (χ0v) is 12.0. The van der Waals surface area contributed by atoms with Gasteiger partial charge in [0.1, 0.15) is 4.99 Å². The third-order valence-electron chi connectivity index (χ3n) is 2.43. The first-order chi connectivity index (χ1) is 8.66. The predicted octanol–water partition coefficient (Wildman–Crippen LogP) is 3.09. The molecular formula is C13H12BrN3S. The highest BCUT2D eigenvalue weighted by Crippen LogP contribution is 2.21. The Bertz CT molecular complexity index is 557. The molecule has 0 unspecified atom stereocenters. The zero-order chi connectivity index (χ0) is 13.0. The first kappa shape index (κ1) is 13.0. The van der Waals surface area contributed by atoms with Gasteiger partial charge >= 0.3 is 0 Å². The number of benzene rings is 1. The minimum absolute atomic E-state index is 0.375. The summed E-state index contributed by atoms with van der Waals surface area (Å²) in [6, 6.07) is 11.6. The van der Waals surface area contributed by atoms with Crippen molar-refractivity contribution in [2.75, 3.05) is 5.32 Å². The van der Waals surface area contributed by atoms with E-state index in [1.54, 1.807) is 6.20 Å². The number of pyridine rings is 1. The lowest BCUT2D eigenvalue weighted by Crippen LogP contribution is -2.13. The Morgan fingerprint density at radius 3 is 2.83 bits per heavy atom. The summed E-state index contributed by atoms with van der Waals surface area (Å²) in [4.78, 5) is 4.62. The Morgan fingerprint density at radius 2 is 2.17 bits per heavy atom. The van der Waals surface area contributed by atoms with Gasteiger partial charge in [-0.2, -0.15) is 0 Å². The van der Waals surface area contributed by atoms with E-state index < -0.39 is 0 Å². The lowest BCUT2D eigenvalue weighted by Gasteiger charge is -2.11. The number of hydrogen-bond donors (Lipinski definition) is 2. The SMILES string of the molecule is NC(=S)c1cc(Br)ccc1NCc1ccccn1. The minimum Gasteiger partial charge on any atom is -0.389 e. The first-order valence-corrected chi connectivity index (χ1v) is 6.60. The second-order valence-corrected chi connectivity index (χ2v) is 5.08. The van der Waals surface area contributed by atoms with Gasteiger partial charge in [-0.1, -0.05) is 34.2 Å². The van der Waals surface area contributed by atoms with Gasteiger partial charge in [-0.05, 0) is 30.3 Å². The Hall–Kier alpha value is -1.46. The quantitative estimate of drug-likeness (QED) is 0.850. The van der Waals surface area contributed by atoms with E-state index in [1.807, 2.05) is 36.4 Å². The minimum atomic E-state index is 0.375. The van der Waals surface area contributed by atoms with Crippen LogP contribution < -0.4 is 11.1 Å². The molecule has 1 aromatic carbocycles. The molecule has 0 saturated heterocycles. The summed E-state index contributed by atoms with van der Waals surface area (Å²) in [5.74, 6) is 0. The maximum absolute atomic E-state index is 5.71. The van der Waals surface area contributed by atoms with Crippen molar-refractivity contribution in [2.24, 2.45) is 5.73 Å². The van der Waals surface area contributed by atoms with Gasteiger partial charge in [0.2, 0.25) is 0 Å². The molecule has 0 aliphatic carbocycles. The monoisotopic (exact) mass is 321 g/mol. The van der Waals surface area contributed by atoms with Crippen molar-refractivity contribution >= 4 is 38.8 Å². The number of thiocarbonyl (C=S) groups is 1. The fourth-order valence-electron chi connectivity index (χ4n) is 1.56. The standard InChI is InChI=1S/C13H12BrN3S/c14-9-4-5-12(11(7-9)13(15)18)17-8-10-3-1-2-6-16-10/h1-7,17H,8H2,(H2,15,18). The molecule has 0 radical (unpaired) electrons. The predicted molar refractivity (Wildman–Crippen MR) is 81.6 cm³/mol. The van der Waals surface area contributed by atoms with Crippen LogP contribution in [0.5, 0.6) is 0 Å². The number of aromatic nitrogens is 1. The summed E-state index contributed by atoms with van der Waals surface area (Å²) >= 11 is 8.45. The molecule has 2 rings (SSSR count). The summed E-state index contributed by atoms with van der Waals surface area (Å²) < 4.78 is 0.952. The highest BCUT2D eigenvalue weighted by Gasteiger charge is 2.05. The fourth-order valence-corrected chi connectivity index (χ4v) is 2.09. The van der Waals surface area contributed by atoms with Crippen LogP contribution in [0.2, 0.25) is 0 Å². The third kappa shape index (κ3) is 3.27. The van der Waals surface area contributed by atoms with Gasteiger partial charge in [0.15, 0.2) is 0 Å². The van der Waals surface area contributed by atoms with Gasteiger partial charge in [0.25, 0.3) is 0 Å². The highest BCUT2D eigenvalue weighted by atomic mass is 79.9. The number of rotatable bonds is 4.